The highest BCUT2D eigenvalue weighted by Gasteiger charge is 2.34. The van der Waals surface area contributed by atoms with E-state index < -0.39 is 26.6 Å². The van der Waals surface area contributed by atoms with E-state index in [0.29, 0.717) is 12.8 Å². The molecule has 0 unspecified atom stereocenters. The van der Waals surface area contributed by atoms with Gasteiger partial charge in [-0.05, 0) is 44.6 Å². The Balaban J connectivity index is 2.24. The molecular weight excluding hydrogens is 298 g/mol. The number of sulfonamides is 1. The van der Waals surface area contributed by atoms with Gasteiger partial charge in [-0.3, -0.25) is 0 Å². The summed E-state index contributed by atoms with van der Waals surface area (Å²) in [7, 11) is -2.76. The van der Waals surface area contributed by atoms with E-state index in [0.717, 1.165) is 42.1 Å². The maximum absolute atomic E-state index is 13.7. The molecule has 2 rings (SSSR count). The first kappa shape index (κ1) is 16.3. The maximum Gasteiger partial charge on any atom is 0.248 e. The highest BCUT2D eigenvalue weighted by Crippen LogP contribution is 2.26. The summed E-state index contributed by atoms with van der Waals surface area (Å²) in [5.74, 6) is -2.10. The van der Waals surface area contributed by atoms with E-state index in [1.807, 2.05) is 0 Å². The second-order valence-electron chi connectivity index (χ2n) is 5.24. The van der Waals surface area contributed by atoms with E-state index in [2.05, 4.69) is 11.8 Å². The summed E-state index contributed by atoms with van der Waals surface area (Å²) in [6, 6.07) is 2.85. The molecule has 1 fully saturated rings. The summed E-state index contributed by atoms with van der Waals surface area (Å²) < 4.78 is 53.5. The summed E-state index contributed by atoms with van der Waals surface area (Å²) in [4.78, 5) is 1.37. The first-order valence-corrected chi connectivity index (χ1v) is 8.46. The lowest BCUT2D eigenvalue weighted by Gasteiger charge is -2.35. The molecule has 1 aromatic rings. The molecule has 0 saturated carbocycles. The zero-order valence-electron chi connectivity index (χ0n) is 12.2. The minimum atomic E-state index is -4.16. The van der Waals surface area contributed by atoms with Crippen LogP contribution in [0, 0.1) is 11.6 Å². The van der Waals surface area contributed by atoms with Gasteiger partial charge in [-0.1, -0.05) is 13.0 Å². The van der Waals surface area contributed by atoms with Gasteiger partial charge in [0.2, 0.25) is 10.0 Å². The summed E-state index contributed by atoms with van der Waals surface area (Å²) in [6.45, 7) is 4.56. The summed E-state index contributed by atoms with van der Waals surface area (Å²) in [5.41, 5.74) is 0. The van der Waals surface area contributed by atoms with Crippen molar-refractivity contribution in [2.24, 2.45) is 0 Å². The molecule has 0 bridgehead atoms. The summed E-state index contributed by atoms with van der Waals surface area (Å²) in [5, 5.41) is 0. The normalized spacial score (nSPS) is 18.3. The van der Waals surface area contributed by atoms with Crippen LogP contribution in [-0.2, 0) is 10.0 Å². The fraction of sp³-hybridized carbons (Fsp3) is 0.571. The Morgan fingerprint density at radius 1 is 1.24 bits per heavy atom. The molecule has 1 aliphatic heterocycles. The predicted molar refractivity (Wildman–Crippen MR) is 76.4 cm³/mol. The Kier molecular flexibility index (Phi) is 4.95. The van der Waals surface area contributed by atoms with Crippen LogP contribution in [-0.4, -0.2) is 50.3 Å². The molecular formula is C14H20F2N2O2S. The molecule has 0 aliphatic carbocycles. The SMILES string of the molecule is CCN1CCC(N(C)S(=O)(=O)c2c(F)cccc2F)CC1. The van der Waals surface area contributed by atoms with Gasteiger partial charge in [0.1, 0.15) is 11.6 Å². The molecule has 0 spiro atoms. The lowest BCUT2D eigenvalue weighted by atomic mass is 10.1. The number of benzene rings is 1. The molecule has 0 radical (unpaired) electrons. The van der Waals surface area contributed by atoms with Gasteiger partial charge in [-0.25, -0.2) is 17.2 Å². The predicted octanol–water partition coefficient (Wildman–Crippen LogP) is 2.07. The minimum absolute atomic E-state index is 0.225. The molecule has 4 nitrogen and oxygen atoms in total. The number of likely N-dealkylation sites (tertiary alicyclic amines) is 1. The molecule has 1 aliphatic rings. The minimum Gasteiger partial charge on any atom is -0.303 e. The smallest absolute Gasteiger partial charge is 0.248 e. The molecule has 0 atom stereocenters. The molecule has 0 amide bonds. The summed E-state index contributed by atoms with van der Waals surface area (Å²) >= 11 is 0. The zero-order valence-corrected chi connectivity index (χ0v) is 13.0. The number of hydrogen-bond acceptors (Lipinski definition) is 3. The fourth-order valence-corrected chi connectivity index (χ4v) is 4.19. The van der Waals surface area contributed by atoms with Gasteiger partial charge >= 0.3 is 0 Å². The third-order valence-corrected chi connectivity index (χ3v) is 6.04. The fourth-order valence-electron chi connectivity index (χ4n) is 2.67. The number of piperidine rings is 1. The second kappa shape index (κ2) is 6.37. The van der Waals surface area contributed by atoms with Crippen LogP contribution in [0.15, 0.2) is 23.1 Å². The highest BCUT2D eigenvalue weighted by atomic mass is 32.2. The molecule has 118 valence electrons. The first-order valence-electron chi connectivity index (χ1n) is 7.02. The molecule has 1 saturated heterocycles. The Hall–Kier alpha value is -1.05. The average molecular weight is 318 g/mol. The Labute approximate surface area is 124 Å². The van der Waals surface area contributed by atoms with Crippen molar-refractivity contribution in [1.29, 1.82) is 0 Å². The van der Waals surface area contributed by atoms with Gasteiger partial charge in [0, 0.05) is 13.1 Å². The van der Waals surface area contributed by atoms with E-state index in [1.54, 1.807) is 0 Å². The van der Waals surface area contributed by atoms with Gasteiger partial charge in [0.15, 0.2) is 4.90 Å². The maximum atomic E-state index is 13.7. The van der Waals surface area contributed by atoms with Gasteiger partial charge in [-0.15, -0.1) is 0 Å². The van der Waals surface area contributed by atoms with Crippen molar-refractivity contribution < 1.29 is 17.2 Å². The van der Waals surface area contributed by atoms with E-state index in [-0.39, 0.29) is 6.04 Å². The largest absolute Gasteiger partial charge is 0.303 e. The lowest BCUT2D eigenvalue weighted by Crippen LogP contribution is -2.45. The number of rotatable bonds is 4. The van der Waals surface area contributed by atoms with Crippen molar-refractivity contribution in [2.45, 2.75) is 30.7 Å². The molecule has 0 aromatic heterocycles. The van der Waals surface area contributed by atoms with Crippen molar-refractivity contribution >= 4 is 10.0 Å². The Morgan fingerprint density at radius 2 is 1.76 bits per heavy atom. The van der Waals surface area contributed by atoms with Gasteiger partial charge in [-0.2, -0.15) is 4.31 Å². The monoisotopic (exact) mass is 318 g/mol. The lowest BCUT2D eigenvalue weighted by molar-refractivity contribution is 0.176. The van der Waals surface area contributed by atoms with Crippen molar-refractivity contribution in [3.8, 4) is 0 Å². The number of halogens is 2. The van der Waals surface area contributed by atoms with Gasteiger partial charge in [0.25, 0.3) is 0 Å². The molecule has 1 heterocycles. The van der Waals surface area contributed by atoms with Crippen LogP contribution < -0.4 is 0 Å². The third kappa shape index (κ3) is 3.25. The van der Waals surface area contributed by atoms with Crippen LogP contribution >= 0.6 is 0 Å². The van der Waals surface area contributed by atoms with Crippen molar-refractivity contribution in [3.05, 3.63) is 29.8 Å². The second-order valence-corrected chi connectivity index (χ2v) is 7.17. The van der Waals surface area contributed by atoms with Crippen molar-refractivity contribution in [2.75, 3.05) is 26.7 Å². The van der Waals surface area contributed by atoms with E-state index in [4.69, 9.17) is 0 Å². The average Bonchev–Trinajstić information content (AvgIpc) is 2.46. The van der Waals surface area contributed by atoms with Crippen LogP contribution in [0.1, 0.15) is 19.8 Å². The van der Waals surface area contributed by atoms with Crippen LogP contribution in [0.4, 0.5) is 8.78 Å². The topological polar surface area (TPSA) is 40.6 Å². The molecule has 7 heteroatoms. The van der Waals surface area contributed by atoms with Gasteiger partial charge < -0.3 is 4.90 Å². The third-order valence-electron chi connectivity index (χ3n) is 4.07. The molecule has 1 aromatic carbocycles. The van der Waals surface area contributed by atoms with E-state index in [1.165, 1.54) is 7.05 Å². The van der Waals surface area contributed by atoms with Crippen molar-refractivity contribution in [1.82, 2.24) is 9.21 Å². The first-order chi connectivity index (χ1) is 9.87. The highest BCUT2D eigenvalue weighted by molar-refractivity contribution is 7.89. The molecule has 21 heavy (non-hydrogen) atoms. The standard InChI is InChI=1S/C14H20F2N2O2S/c1-3-18-9-7-11(8-10-18)17(2)21(19,20)14-12(15)5-4-6-13(14)16/h4-6,11H,3,7-10H2,1-2H3. The number of hydrogen-bond donors (Lipinski definition) is 0. The van der Waals surface area contributed by atoms with E-state index in [9.17, 15) is 17.2 Å². The number of nitrogens with zero attached hydrogens (tertiary/aromatic N) is 2. The van der Waals surface area contributed by atoms with Crippen LogP contribution in [0.2, 0.25) is 0 Å². The van der Waals surface area contributed by atoms with Crippen LogP contribution in [0.3, 0.4) is 0 Å². The summed E-state index contributed by atoms with van der Waals surface area (Å²) in [6.07, 6.45) is 1.33. The Bertz CT molecular complexity index is 579. The quantitative estimate of drug-likeness (QED) is 0.853. The van der Waals surface area contributed by atoms with Crippen LogP contribution in [0.25, 0.3) is 0 Å². The Morgan fingerprint density at radius 3 is 2.24 bits per heavy atom. The molecule has 0 N–H and O–H groups in total. The van der Waals surface area contributed by atoms with Gasteiger partial charge in [0.05, 0.1) is 0 Å². The zero-order chi connectivity index (χ0) is 15.6. The van der Waals surface area contributed by atoms with Crippen molar-refractivity contribution in [3.63, 3.8) is 0 Å². The van der Waals surface area contributed by atoms with Crippen LogP contribution in [0.5, 0.6) is 0 Å². The van der Waals surface area contributed by atoms with E-state index >= 15 is 0 Å².